The summed E-state index contributed by atoms with van der Waals surface area (Å²) in [4.78, 5) is 22.0. The van der Waals surface area contributed by atoms with Crippen molar-refractivity contribution >= 4 is 11.6 Å². The summed E-state index contributed by atoms with van der Waals surface area (Å²) in [5.74, 6) is -0.299. The molecule has 17 heavy (non-hydrogen) atoms. The number of rotatable bonds is 4. The summed E-state index contributed by atoms with van der Waals surface area (Å²) in [6, 6.07) is 1.28. The van der Waals surface area contributed by atoms with Crippen molar-refractivity contribution in [2.24, 2.45) is 7.05 Å². The van der Waals surface area contributed by atoms with Crippen LogP contribution in [0.25, 0.3) is 0 Å². The number of hydrogen-bond acceptors (Lipinski definition) is 3. The van der Waals surface area contributed by atoms with Gasteiger partial charge in [-0.05, 0) is 20.3 Å². The van der Waals surface area contributed by atoms with Gasteiger partial charge in [0.15, 0.2) is 0 Å². The highest BCUT2D eigenvalue weighted by Gasteiger charge is 2.23. The van der Waals surface area contributed by atoms with Gasteiger partial charge >= 0.3 is 0 Å². The molecule has 0 fully saturated rings. The highest BCUT2D eigenvalue weighted by molar-refractivity contribution is 5.94. The molecule has 0 aliphatic rings. The van der Waals surface area contributed by atoms with Gasteiger partial charge in [0.05, 0.1) is 11.1 Å². The third-order valence-corrected chi connectivity index (χ3v) is 2.77. The SMILES string of the molecule is CCC(C)(C)NC(=O)c1cc([N+](=O)[O-])cn1C. The Bertz CT molecular complexity index is 449. The summed E-state index contributed by atoms with van der Waals surface area (Å²) in [7, 11) is 1.61. The minimum atomic E-state index is -0.512. The van der Waals surface area contributed by atoms with E-state index in [0.29, 0.717) is 5.69 Å². The Balaban J connectivity index is 2.93. The number of carbonyl (C=O) groups is 1. The Morgan fingerprint density at radius 3 is 2.59 bits per heavy atom. The van der Waals surface area contributed by atoms with Crippen LogP contribution in [-0.4, -0.2) is 20.9 Å². The van der Waals surface area contributed by atoms with Crippen LogP contribution in [0.2, 0.25) is 0 Å². The molecule has 0 saturated heterocycles. The molecule has 1 rings (SSSR count). The maximum absolute atomic E-state index is 11.9. The van der Waals surface area contributed by atoms with Gasteiger partial charge in [0, 0.05) is 18.7 Å². The van der Waals surface area contributed by atoms with Crippen LogP contribution in [0.4, 0.5) is 5.69 Å². The summed E-state index contributed by atoms with van der Waals surface area (Å²) < 4.78 is 1.46. The zero-order valence-electron chi connectivity index (χ0n) is 10.5. The average Bonchev–Trinajstić information content (AvgIpc) is 2.60. The quantitative estimate of drug-likeness (QED) is 0.643. The smallest absolute Gasteiger partial charge is 0.287 e. The van der Waals surface area contributed by atoms with E-state index in [2.05, 4.69) is 5.32 Å². The molecule has 0 bridgehead atoms. The molecule has 0 spiro atoms. The van der Waals surface area contributed by atoms with Crippen molar-refractivity contribution in [1.82, 2.24) is 9.88 Å². The van der Waals surface area contributed by atoms with Crippen LogP contribution in [0.15, 0.2) is 12.3 Å². The molecule has 1 aromatic heterocycles. The van der Waals surface area contributed by atoms with Crippen molar-refractivity contribution < 1.29 is 9.72 Å². The van der Waals surface area contributed by atoms with Crippen LogP contribution in [0.1, 0.15) is 37.7 Å². The van der Waals surface area contributed by atoms with E-state index >= 15 is 0 Å². The first kappa shape index (κ1) is 13.2. The van der Waals surface area contributed by atoms with Crippen LogP contribution >= 0.6 is 0 Å². The molecule has 1 heterocycles. The zero-order chi connectivity index (χ0) is 13.2. The highest BCUT2D eigenvalue weighted by atomic mass is 16.6. The molecule has 0 radical (unpaired) electrons. The lowest BCUT2D eigenvalue weighted by Crippen LogP contribution is -2.43. The molecule has 6 heteroatoms. The molecule has 94 valence electrons. The molecule has 6 nitrogen and oxygen atoms in total. The third-order valence-electron chi connectivity index (χ3n) is 2.77. The fraction of sp³-hybridized carbons (Fsp3) is 0.545. The standard InChI is InChI=1S/C11H17N3O3/c1-5-11(2,3)12-10(15)9-6-8(14(16)17)7-13(9)4/h6-7H,5H2,1-4H3,(H,12,15). The maximum atomic E-state index is 11.9. The lowest BCUT2D eigenvalue weighted by Gasteiger charge is -2.24. The summed E-state index contributed by atoms with van der Waals surface area (Å²) in [5, 5.41) is 13.4. The number of amides is 1. The number of aromatic nitrogens is 1. The summed E-state index contributed by atoms with van der Waals surface area (Å²) in [6.07, 6.45) is 2.11. The van der Waals surface area contributed by atoms with Gasteiger partial charge in [-0.25, -0.2) is 0 Å². The van der Waals surface area contributed by atoms with Crippen molar-refractivity contribution in [3.63, 3.8) is 0 Å². The Kier molecular flexibility index (Phi) is 3.55. The first-order valence-corrected chi connectivity index (χ1v) is 5.40. The van der Waals surface area contributed by atoms with Crippen LogP contribution in [0, 0.1) is 10.1 Å². The summed E-state index contributed by atoms with van der Waals surface area (Å²) >= 11 is 0. The topological polar surface area (TPSA) is 77.2 Å². The Hall–Kier alpha value is -1.85. The van der Waals surface area contributed by atoms with Crippen LogP contribution in [0.3, 0.4) is 0 Å². The van der Waals surface area contributed by atoms with Gasteiger partial charge in [0.1, 0.15) is 5.69 Å². The second-order valence-corrected chi connectivity index (χ2v) is 4.64. The Morgan fingerprint density at radius 1 is 1.59 bits per heavy atom. The Labute approximate surface area is 99.8 Å². The van der Waals surface area contributed by atoms with E-state index in [1.807, 2.05) is 20.8 Å². The second-order valence-electron chi connectivity index (χ2n) is 4.64. The third kappa shape index (κ3) is 3.05. The maximum Gasteiger partial charge on any atom is 0.287 e. The van der Waals surface area contributed by atoms with Crippen LogP contribution < -0.4 is 5.32 Å². The van der Waals surface area contributed by atoms with Crippen molar-refractivity contribution in [2.75, 3.05) is 0 Å². The first-order chi connectivity index (χ1) is 7.76. The fourth-order valence-corrected chi connectivity index (χ4v) is 1.33. The van der Waals surface area contributed by atoms with Crippen molar-refractivity contribution in [3.8, 4) is 0 Å². The molecule has 1 N–H and O–H groups in total. The lowest BCUT2D eigenvalue weighted by atomic mass is 10.0. The molecule has 0 aliphatic carbocycles. The van der Waals surface area contributed by atoms with Gasteiger partial charge in [-0.15, -0.1) is 0 Å². The van der Waals surface area contributed by atoms with E-state index in [9.17, 15) is 14.9 Å². The van der Waals surface area contributed by atoms with Crippen LogP contribution in [0.5, 0.6) is 0 Å². The molecule has 0 aromatic carbocycles. The predicted molar refractivity (Wildman–Crippen MR) is 63.9 cm³/mol. The summed E-state index contributed by atoms with van der Waals surface area (Å²) in [5.41, 5.74) is -0.110. The van der Waals surface area contributed by atoms with E-state index in [1.54, 1.807) is 7.05 Å². The monoisotopic (exact) mass is 239 g/mol. The largest absolute Gasteiger partial charge is 0.346 e. The average molecular weight is 239 g/mol. The fourth-order valence-electron chi connectivity index (χ4n) is 1.33. The number of aryl methyl sites for hydroxylation is 1. The molecule has 0 unspecified atom stereocenters. The lowest BCUT2D eigenvalue weighted by molar-refractivity contribution is -0.384. The number of nitrogens with zero attached hydrogens (tertiary/aromatic N) is 2. The van der Waals surface area contributed by atoms with E-state index in [-0.39, 0.29) is 17.1 Å². The van der Waals surface area contributed by atoms with E-state index < -0.39 is 4.92 Å². The molecule has 0 atom stereocenters. The molecular weight excluding hydrogens is 222 g/mol. The number of hydrogen-bond donors (Lipinski definition) is 1. The van der Waals surface area contributed by atoms with E-state index in [1.165, 1.54) is 16.8 Å². The normalized spacial score (nSPS) is 11.3. The molecular formula is C11H17N3O3. The van der Waals surface area contributed by atoms with E-state index in [0.717, 1.165) is 6.42 Å². The van der Waals surface area contributed by atoms with Gasteiger partial charge in [0.2, 0.25) is 0 Å². The number of carbonyl (C=O) groups excluding carboxylic acids is 1. The molecule has 0 saturated carbocycles. The van der Waals surface area contributed by atoms with E-state index in [4.69, 9.17) is 0 Å². The van der Waals surface area contributed by atoms with Gasteiger partial charge < -0.3 is 9.88 Å². The number of nitrogens with one attached hydrogen (secondary N) is 1. The molecule has 0 aliphatic heterocycles. The van der Waals surface area contributed by atoms with Gasteiger partial charge in [0.25, 0.3) is 11.6 Å². The highest BCUT2D eigenvalue weighted by Crippen LogP contribution is 2.16. The molecule has 1 aromatic rings. The number of nitro groups is 1. The van der Waals surface area contributed by atoms with Crippen molar-refractivity contribution in [2.45, 2.75) is 32.7 Å². The molecule has 1 amide bonds. The van der Waals surface area contributed by atoms with Gasteiger partial charge in [-0.1, -0.05) is 6.92 Å². The first-order valence-electron chi connectivity index (χ1n) is 5.40. The zero-order valence-corrected chi connectivity index (χ0v) is 10.5. The van der Waals surface area contributed by atoms with Crippen molar-refractivity contribution in [3.05, 3.63) is 28.1 Å². The predicted octanol–water partition coefficient (Wildman–Crippen LogP) is 1.85. The minimum Gasteiger partial charge on any atom is -0.346 e. The van der Waals surface area contributed by atoms with Gasteiger partial charge in [-0.3, -0.25) is 14.9 Å². The van der Waals surface area contributed by atoms with Gasteiger partial charge in [-0.2, -0.15) is 0 Å². The summed E-state index contributed by atoms with van der Waals surface area (Å²) in [6.45, 7) is 5.78. The Morgan fingerprint density at radius 2 is 2.18 bits per heavy atom. The second kappa shape index (κ2) is 4.57. The van der Waals surface area contributed by atoms with Crippen LogP contribution in [-0.2, 0) is 7.05 Å². The minimum absolute atomic E-state index is 0.0769. The van der Waals surface area contributed by atoms with Crippen molar-refractivity contribution in [1.29, 1.82) is 0 Å².